The first-order chi connectivity index (χ1) is 16.9. The van der Waals surface area contributed by atoms with E-state index in [0.29, 0.717) is 24.7 Å². The van der Waals surface area contributed by atoms with Crippen LogP contribution in [0, 0.1) is 13.8 Å². The van der Waals surface area contributed by atoms with Crippen molar-refractivity contribution < 1.29 is 13.2 Å². The molecule has 4 aromatic rings. The van der Waals surface area contributed by atoms with Gasteiger partial charge in [0.05, 0.1) is 16.6 Å². The van der Waals surface area contributed by atoms with Crippen molar-refractivity contribution in [3.05, 3.63) is 101 Å². The second-order valence-corrected chi connectivity index (χ2v) is 10.3. The lowest BCUT2D eigenvalue weighted by atomic mass is 10.00. The van der Waals surface area contributed by atoms with Gasteiger partial charge in [0.1, 0.15) is 6.61 Å². The van der Waals surface area contributed by atoms with Crippen LogP contribution in [0.15, 0.2) is 83.8 Å². The molecule has 2 N–H and O–H groups in total. The minimum absolute atomic E-state index is 0.0333. The van der Waals surface area contributed by atoms with Crippen molar-refractivity contribution in [2.45, 2.75) is 31.3 Å². The lowest BCUT2D eigenvalue weighted by Crippen LogP contribution is -2.26. The van der Waals surface area contributed by atoms with Crippen LogP contribution in [0.1, 0.15) is 28.3 Å². The Bertz CT molecular complexity index is 1450. The van der Waals surface area contributed by atoms with Crippen molar-refractivity contribution in [3.63, 3.8) is 0 Å². The Morgan fingerprint density at radius 1 is 0.886 bits per heavy atom. The van der Waals surface area contributed by atoms with Crippen molar-refractivity contribution in [1.29, 1.82) is 0 Å². The summed E-state index contributed by atoms with van der Waals surface area (Å²) < 4.78 is 35.1. The van der Waals surface area contributed by atoms with Crippen molar-refractivity contribution >= 4 is 16.0 Å². The van der Waals surface area contributed by atoms with Crippen LogP contribution < -0.4 is 14.8 Å². The molecule has 7 nitrogen and oxygen atoms in total. The smallest absolute Gasteiger partial charge is 0.264 e. The molecule has 1 aromatic heterocycles. The van der Waals surface area contributed by atoms with Gasteiger partial charge in [-0.05, 0) is 48.2 Å². The summed E-state index contributed by atoms with van der Waals surface area (Å²) in [5.74, 6) is 0.262. The Hall–Kier alpha value is -3.75. The van der Waals surface area contributed by atoms with Crippen LogP contribution in [0.4, 0.5) is 5.95 Å². The predicted molar refractivity (Wildman–Crippen MR) is 136 cm³/mol. The molecule has 1 atom stereocenters. The third-order valence-electron chi connectivity index (χ3n) is 6.03. The molecule has 0 radical (unpaired) electrons. The van der Waals surface area contributed by atoms with E-state index in [9.17, 15) is 8.42 Å². The highest BCUT2D eigenvalue weighted by molar-refractivity contribution is 7.92. The van der Waals surface area contributed by atoms with Gasteiger partial charge in [0.25, 0.3) is 10.0 Å². The lowest BCUT2D eigenvalue weighted by molar-refractivity contribution is 0.256. The maximum Gasteiger partial charge on any atom is 0.264 e. The van der Waals surface area contributed by atoms with E-state index in [1.54, 1.807) is 24.3 Å². The molecule has 35 heavy (non-hydrogen) atoms. The number of fused-ring (bicyclic) bond motifs is 4. The molecule has 0 saturated carbocycles. The maximum atomic E-state index is 13.2. The van der Waals surface area contributed by atoms with Gasteiger partial charge in [0, 0.05) is 18.2 Å². The number of nitrogens with zero attached hydrogens (tertiary/aromatic N) is 2. The van der Waals surface area contributed by atoms with Crippen LogP contribution >= 0.6 is 0 Å². The van der Waals surface area contributed by atoms with Gasteiger partial charge in [-0.2, -0.15) is 4.98 Å². The second-order valence-electron chi connectivity index (χ2n) is 8.59. The summed E-state index contributed by atoms with van der Waals surface area (Å²) in [5.41, 5.74) is 5.47. The quantitative estimate of drug-likeness (QED) is 0.423. The third-order valence-corrected chi connectivity index (χ3v) is 7.35. The second kappa shape index (κ2) is 9.48. The zero-order valence-corrected chi connectivity index (χ0v) is 20.3. The summed E-state index contributed by atoms with van der Waals surface area (Å²) >= 11 is 0. The van der Waals surface area contributed by atoms with E-state index in [0.717, 1.165) is 27.8 Å². The zero-order valence-electron chi connectivity index (χ0n) is 19.5. The van der Waals surface area contributed by atoms with Crippen molar-refractivity contribution in [1.82, 2.24) is 15.3 Å². The molecule has 0 spiro atoms. The molecule has 0 aliphatic carbocycles. The summed E-state index contributed by atoms with van der Waals surface area (Å²) in [6.07, 6.45) is 0. The number of hydrogen-bond donors (Lipinski definition) is 2. The number of anilines is 1. The van der Waals surface area contributed by atoms with Gasteiger partial charge in [-0.3, -0.25) is 0 Å². The molecule has 178 valence electrons. The topological polar surface area (TPSA) is 93.2 Å². The van der Waals surface area contributed by atoms with Crippen LogP contribution in [-0.4, -0.2) is 25.0 Å². The number of benzene rings is 3. The molecule has 1 aliphatic heterocycles. The van der Waals surface area contributed by atoms with Crippen LogP contribution in [0.3, 0.4) is 0 Å². The van der Waals surface area contributed by atoms with E-state index in [-0.39, 0.29) is 16.9 Å². The van der Waals surface area contributed by atoms with Gasteiger partial charge in [0.15, 0.2) is 0 Å². The molecule has 0 saturated heterocycles. The molecule has 5 rings (SSSR count). The number of nitrogens with one attached hydrogen (secondary N) is 2. The summed E-state index contributed by atoms with van der Waals surface area (Å²) in [5, 5.41) is 3.50. The molecule has 0 fully saturated rings. The molecule has 3 aromatic carbocycles. The summed E-state index contributed by atoms with van der Waals surface area (Å²) in [4.78, 5) is 9.11. The Balaban J connectivity index is 1.63. The van der Waals surface area contributed by atoms with E-state index >= 15 is 0 Å². The SMILES string of the molecule is Cc1cccc(C)c1-c1cc2nc(n1)NS(=O)(=O)c1cccc(c1)CN[C@H](c1ccccc1)CO2. The van der Waals surface area contributed by atoms with E-state index in [4.69, 9.17) is 4.74 Å². The zero-order chi connectivity index (χ0) is 24.4. The van der Waals surface area contributed by atoms with Crippen LogP contribution in [-0.2, 0) is 16.6 Å². The largest absolute Gasteiger partial charge is 0.475 e. The first-order valence-electron chi connectivity index (χ1n) is 11.4. The van der Waals surface area contributed by atoms with E-state index in [2.05, 4.69) is 20.0 Å². The fourth-order valence-electron chi connectivity index (χ4n) is 4.26. The summed E-state index contributed by atoms with van der Waals surface area (Å²) in [6, 6.07) is 24.5. The standard InChI is InChI=1S/C27H26N4O3S/c1-18-8-6-9-19(2)26(18)23-15-25-30-27(29-23)31-35(32,33)22-13-7-10-20(14-22)16-28-24(17-34-25)21-11-4-3-5-12-21/h3-15,24,28H,16-17H2,1-2H3,(H,29,30,31)/t24-/m0/s1. The molecular weight excluding hydrogens is 460 g/mol. The normalized spacial score (nSPS) is 17.1. The van der Waals surface area contributed by atoms with Gasteiger partial charge in [-0.25, -0.2) is 18.1 Å². The summed E-state index contributed by atoms with van der Waals surface area (Å²) in [7, 11) is -3.90. The molecule has 4 bridgehead atoms. The average molecular weight is 487 g/mol. The molecule has 8 heteroatoms. The molecule has 0 unspecified atom stereocenters. The monoisotopic (exact) mass is 486 g/mol. The van der Waals surface area contributed by atoms with Crippen molar-refractivity contribution in [3.8, 4) is 17.1 Å². The van der Waals surface area contributed by atoms with Crippen molar-refractivity contribution in [2.75, 3.05) is 11.3 Å². The van der Waals surface area contributed by atoms with E-state index in [1.807, 2.05) is 68.4 Å². The first kappa shape index (κ1) is 23.0. The number of hydrogen-bond acceptors (Lipinski definition) is 6. The number of aromatic nitrogens is 2. The number of ether oxygens (including phenoxy) is 1. The first-order valence-corrected chi connectivity index (χ1v) is 12.9. The van der Waals surface area contributed by atoms with E-state index < -0.39 is 10.0 Å². The van der Waals surface area contributed by atoms with Crippen LogP contribution in [0.2, 0.25) is 0 Å². The molecule has 2 heterocycles. The number of rotatable bonds is 2. The van der Waals surface area contributed by atoms with Crippen LogP contribution in [0.5, 0.6) is 5.88 Å². The fourth-order valence-corrected chi connectivity index (χ4v) is 5.27. The maximum absolute atomic E-state index is 13.2. The fraction of sp³-hybridized carbons (Fsp3) is 0.185. The number of aryl methyl sites for hydroxylation is 2. The van der Waals surface area contributed by atoms with Gasteiger partial charge in [-0.1, -0.05) is 60.7 Å². The minimum atomic E-state index is -3.90. The predicted octanol–water partition coefficient (Wildman–Crippen LogP) is 4.78. The van der Waals surface area contributed by atoms with Crippen LogP contribution in [0.25, 0.3) is 11.3 Å². The Labute approximate surface area is 205 Å². The third kappa shape index (κ3) is 5.03. The average Bonchev–Trinajstić information content (AvgIpc) is 2.84. The Morgan fingerprint density at radius 3 is 2.40 bits per heavy atom. The van der Waals surface area contributed by atoms with E-state index in [1.165, 1.54) is 0 Å². The van der Waals surface area contributed by atoms with Gasteiger partial charge >= 0.3 is 0 Å². The minimum Gasteiger partial charge on any atom is -0.475 e. The Morgan fingerprint density at radius 2 is 1.63 bits per heavy atom. The van der Waals surface area contributed by atoms with Gasteiger partial charge < -0.3 is 10.1 Å². The van der Waals surface area contributed by atoms with Gasteiger partial charge in [0.2, 0.25) is 11.8 Å². The lowest BCUT2D eigenvalue weighted by Gasteiger charge is -2.20. The molecule has 0 amide bonds. The highest BCUT2D eigenvalue weighted by Crippen LogP contribution is 2.30. The molecule has 1 aliphatic rings. The molecular formula is C27H26N4O3S. The summed E-state index contributed by atoms with van der Waals surface area (Å²) in [6.45, 7) is 4.78. The van der Waals surface area contributed by atoms with Gasteiger partial charge in [-0.15, -0.1) is 0 Å². The van der Waals surface area contributed by atoms with Crippen molar-refractivity contribution in [2.24, 2.45) is 0 Å². The highest BCUT2D eigenvalue weighted by atomic mass is 32.2. The number of sulfonamides is 1. The Kier molecular flexibility index (Phi) is 6.23. The highest BCUT2D eigenvalue weighted by Gasteiger charge is 2.21.